The first-order valence-corrected chi connectivity index (χ1v) is 8.42. The average molecular weight is 318 g/mol. The van der Waals surface area contributed by atoms with Gasteiger partial charge in [-0.15, -0.1) is 11.8 Å². The van der Waals surface area contributed by atoms with E-state index in [0.29, 0.717) is 6.54 Å². The van der Waals surface area contributed by atoms with Crippen LogP contribution >= 0.6 is 11.8 Å². The highest BCUT2D eigenvalue weighted by Crippen LogP contribution is 2.28. The van der Waals surface area contributed by atoms with E-state index < -0.39 is 0 Å². The maximum absolute atomic E-state index is 9.29. The summed E-state index contributed by atoms with van der Waals surface area (Å²) >= 11 is 1.67. The molecule has 118 valence electrons. The van der Waals surface area contributed by atoms with E-state index in [1.54, 1.807) is 25.1 Å². The number of aromatic nitrogens is 1. The molecular weight excluding hydrogens is 296 g/mol. The van der Waals surface area contributed by atoms with Gasteiger partial charge in [0.1, 0.15) is 5.75 Å². The highest BCUT2D eigenvalue weighted by Gasteiger charge is 2.09. The molecule has 0 aliphatic heterocycles. The smallest absolute Gasteiger partial charge is 0.132 e. The number of aliphatic hydroxyl groups is 1. The first-order chi connectivity index (χ1) is 10.8. The number of methoxy groups -OCH3 is 1. The molecule has 0 atom stereocenters. The van der Waals surface area contributed by atoms with Gasteiger partial charge in [0.25, 0.3) is 0 Å². The number of hydrogen-bond donors (Lipinski definition) is 1. The van der Waals surface area contributed by atoms with E-state index in [1.165, 1.54) is 5.56 Å². The minimum atomic E-state index is 0.139. The Morgan fingerprint density at radius 2 is 2.05 bits per heavy atom. The van der Waals surface area contributed by atoms with E-state index in [2.05, 4.69) is 34.1 Å². The molecule has 0 unspecified atom stereocenters. The van der Waals surface area contributed by atoms with Crippen LogP contribution in [0.1, 0.15) is 11.1 Å². The molecule has 0 fully saturated rings. The Balaban J connectivity index is 2.10. The predicted octanol–water partition coefficient (Wildman–Crippen LogP) is 2.81. The molecule has 0 saturated carbocycles. The number of nitrogens with zero attached hydrogens (tertiary/aromatic N) is 2. The molecule has 1 heterocycles. The maximum Gasteiger partial charge on any atom is 0.132 e. The summed E-state index contributed by atoms with van der Waals surface area (Å²) in [5.41, 5.74) is 2.32. The van der Waals surface area contributed by atoms with Crippen molar-refractivity contribution in [2.45, 2.75) is 18.0 Å². The zero-order valence-corrected chi connectivity index (χ0v) is 13.8. The number of rotatable bonds is 8. The first-order valence-electron chi connectivity index (χ1n) is 7.20. The van der Waals surface area contributed by atoms with Gasteiger partial charge in [-0.25, -0.2) is 0 Å². The van der Waals surface area contributed by atoms with Gasteiger partial charge in [-0.1, -0.05) is 12.1 Å². The zero-order chi connectivity index (χ0) is 15.8. The summed E-state index contributed by atoms with van der Waals surface area (Å²) in [6.07, 6.45) is 5.67. The summed E-state index contributed by atoms with van der Waals surface area (Å²) in [7, 11) is 1.69. The van der Waals surface area contributed by atoms with Crippen molar-refractivity contribution in [1.29, 1.82) is 0 Å². The third-order valence-electron chi connectivity index (χ3n) is 3.40. The highest BCUT2D eigenvalue weighted by molar-refractivity contribution is 7.98. The predicted molar refractivity (Wildman–Crippen MR) is 90.2 cm³/mol. The molecule has 1 aromatic heterocycles. The molecule has 0 saturated heterocycles. The number of benzene rings is 1. The normalized spacial score (nSPS) is 10.9. The second kappa shape index (κ2) is 8.78. The van der Waals surface area contributed by atoms with Crippen molar-refractivity contribution >= 4 is 11.8 Å². The highest BCUT2D eigenvalue weighted by atomic mass is 32.2. The number of thioether (sulfide) groups is 1. The van der Waals surface area contributed by atoms with Gasteiger partial charge in [0.2, 0.25) is 0 Å². The molecular formula is C17H22N2O2S. The fraction of sp³-hybridized carbons (Fsp3) is 0.353. The van der Waals surface area contributed by atoms with Crippen molar-refractivity contribution in [2.24, 2.45) is 0 Å². The van der Waals surface area contributed by atoms with Gasteiger partial charge >= 0.3 is 0 Å². The summed E-state index contributed by atoms with van der Waals surface area (Å²) in [6, 6.07) is 10.2. The molecule has 0 amide bonds. The van der Waals surface area contributed by atoms with Crippen molar-refractivity contribution in [2.75, 3.05) is 26.5 Å². The number of ether oxygens (including phenoxy) is 1. The molecule has 2 rings (SSSR count). The quantitative estimate of drug-likeness (QED) is 0.758. The number of hydrogen-bond acceptors (Lipinski definition) is 5. The van der Waals surface area contributed by atoms with Gasteiger partial charge < -0.3 is 9.84 Å². The van der Waals surface area contributed by atoms with Crippen molar-refractivity contribution in [3.05, 3.63) is 53.9 Å². The van der Waals surface area contributed by atoms with Crippen LogP contribution in [0.3, 0.4) is 0 Å². The Morgan fingerprint density at radius 3 is 2.68 bits per heavy atom. The minimum absolute atomic E-state index is 0.139. The van der Waals surface area contributed by atoms with Crippen LogP contribution in [-0.2, 0) is 13.1 Å². The molecule has 1 N–H and O–H groups in total. The number of aliphatic hydroxyl groups excluding tert-OH is 1. The van der Waals surface area contributed by atoms with E-state index in [-0.39, 0.29) is 6.61 Å². The van der Waals surface area contributed by atoms with Crippen molar-refractivity contribution in [3.8, 4) is 5.75 Å². The summed E-state index contributed by atoms with van der Waals surface area (Å²) < 4.78 is 5.44. The summed E-state index contributed by atoms with van der Waals surface area (Å²) in [5.74, 6) is 0.898. The Labute approximate surface area is 136 Å². The van der Waals surface area contributed by atoms with Gasteiger partial charge in [0.05, 0.1) is 13.7 Å². The SMILES string of the molecule is COc1cc(CN(CCO)Cc2cccnc2)ccc1SC. The van der Waals surface area contributed by atoms with Crippen molar-refractivity contribution in [3.63, 3.8) is 0 Å². The summed E-state index contributed by atoms with van der Waals surface area (Å²) in [4.78, 5) is 7.47. The average Bonchev–Trinajstić information content (AvgIpc) is 2.56. The molecule has 1 aromatic carbocycles. The van der Waals surface area contributed by atoms with E-state index in [9.17, 15) is 5.11 Å². The van der Waals surface area contributed by atoms with Crippen LogP contribution in [-0.4, -0.2) is 41.5 Å². The van der Waals surface area contributed by atoms with Crippen molar-refractivity contribution in [1.82, 2.24) is 9.88 Å². The van der Waals surface area contributed by atoms with Crippen molar-refractivity contribution < 1.29 is 9.84 Å². The van der Waals surface area contributed by atoms with Gasteiger partial charge in [-0.05, 0) is 35.6 Å². The first kappa shape index (κ1) is 16.8. The van der Waals surface area contributed by atoms with E-state index in [0.717, 1.165) is 29.3 Å². The lowest BCUT2D eigenvalue weighted by molar-refractivity contribution is 0.184. The van der Waals surface area contributed by atoms with Crippen LogP contribution in [0, 0.1) is 0 Å². The third kappa shape index (κ3) is 4.73. The van der Waals surface area contributed by atoms with Crippen LogP contribution in [0.5, 0.6) is 5.75 Å². The Morgan fingerprint density at radius 1 is 1.23 bits per heavy atom. The van der Waals surface area contributed by atoms with E-state index >= 15 is 0 Å². The lowest BCUT2D eigenvalue weighted by Gasteiger charge is -2.22. The van der Waals surface area contributed by atoms with Gasteiger partial charge in [0.15, 0.2) is 0 Å². The van der Waals surface area contributed by atoms with E-state index in [1.807, 2.05) is 18.5 Å². The van der Waals surface area contributed by atoms with E-state index in [4.69, 9.17) is 4.74 Å². The second-order valence-corrected chi connectivity index (χ2v) is 5.83. The number of pyridine rings is 1. The minimum Gasteiger partial charge on any atom is -0.496 e. The molecule has 4 nitrogen and oxygen atoms in total. The molecule has 5 heteroatoms. The van der Waals surface area contributed by atoms with Crippen LogP contribution in [0.15, 0.2) is 47.6 Å². The second-order valence-electron chi connectivity index (χ2n) is 4.98. The molecule has 0 aliphatic rings. The third-order valence-corrected chi connectivity index (χ3v) is 4.18. The Bertz CT molecular complexity index is 578. The fourth-order valence-corrected chi connectivity index (χ4v) is 2.89. The molecule has 22 heavy (non-hydrogen) atoms. The Kier molecular flexibility index (Phi) is 6.71. The molecule has 2 aromatic rings. The van der Waals surface area contributed by atoms with Crippen LogP contribution in [0.4, 0.5) is 0 Å². The summed E-state index contributed by atoms with van der Waals surface area (Å²) in [5, 5.41) is 9.29. The lowest BCUT2D eigenvalue weighted by Crippen LogP contribution is -2.26. The van der Waals surface area contributed by atoms with Gasteiger partial charge in [-0.2, -0.15) is 0 Å². The lowest BCUT2D eigenvalue weighted by atomic mass is 10.2. The van der Waals surface area contributed by atoms with Crippen LogP contribution < -0.4 is 4.74 Å². The Hall–Kier alpha value is -1.56. The largest absolute Gasteiger partial charge is 0.496 e. The molecule has 0 spiro atoms. The maximum atomic E-state index is 9.29. The molecule has 0 aliphatic carbocycles. The topological polar surface area (TPSA) is 45.6 Å². The molecule has 0 radical (unpaired) electrons. The van der Waals surface area contributed by atoms with Crippen LogP contribution in [0.2, 0.25) is 0 Å². The van der Waals surface area contributed by atoms with Crippen LogP contribution in [0.25, 0.3) is 0 Å². The standard InChI is InChI=1S/C17H22N2O2S/c1-21-16-10-14(5-6-17(16)22-2)12-19(8-9-20)13-15-4-3-7-18-11-15/h3-7,10-11,20H,8-9,12-13H2,1-2H3. The summed E-state index contributed by atoms with van der Waals surface area (Å²) in [6.45, 7) is 2.29. The van der Waals surface area contributed by atoms with Gasteiger partial charge in [-0.3, -0.25) is 9.88 Å². The fourth-order valence-electron chi connectivity index (χ4n) is 2.34. The van der Waals surface area contributed by atoms with Gasteiger partial charge in [0, 0.05) is 36.9 Å². The molecule has 0 bridgehead atoms. The monoisotopic (exact) mass is 318 g/mol. The zero-order valence-electron chi connectivity index (χ0n) is 13.0.